The summed E-state index contributed by atoms with van der Waals surface area (Å²) in [5.74, 6) is 0. The zero-order valence-corrected chi connectivity index (χ0v) is 21.8. The number of hydrogen-bond acceptors (Lipinski definition) is 5. The highest BCUT2D eigenvalue weighted by atomic mass is 32.2. The van der Waals surface area contributed by atoms with Gasteiger partial charge in [0.25, 0.3) is 0 Å². The SMILES string of the molecule is CSC(=Nc1c(C)cc(C)cc1C)c1cccc(C(=Nc2c(C)cc(C)cc2C)SC)n1. The van der Waals surface area contributed by atoms with Crippen LogP contribution in [0, 0.1) is 41.5 Å². The third kappa shape index (κ3) is 5.51. The van der Waals surface area contributed by atoms with Gasteiger partial charge >= 0.3 is 0 Å². The van der Waals surface area contributed by atoms with Crippen LogP contribution in [0.2, 0.25) is 0 Å². The van der Waals surface area contributed by atoms with Gasteiger partial charge in [-0.2, -0.15) is 0 Å². The van der Waals surface area contributed by atoms with Crippen LogP contribution in [0.4, 0.5) is 11.4 Å². The molecule has 0 amide bonds. The van der Waals surface area contributed by atoms with Crippen LogP contribution in [0.15, 0.2) is 52.4 Å². The molecule has 0 aliphatic rings. The molecule has 2 aromatic carbocycles. The lowest BCUT2D eigenvalue weighted by Gasteiger charge is -2.11. The highest BCUT2D eigenvalue weighted by molar-refractivity contribution is 8.14. The number of pyridine rings is 1. The summed E-state index contributed by atoms with van der Waals surface area (Å²) in [7, 11) is 0. The summed E-state index contributed by atoms with van der Waals surface area (Å²) in [5.41, 5.74) is 11.0. The van der Waals surface area contributed by atoms with Crippen molar-refractivity contribution in [3.05, 3.63) is 87.2 Å². The minimum absolute atomic E-state index is 0.869. The molecule has 3 nitrogen and oxygen atoms in total. The topological polar surface area (TPSA) is 37.6 Å². The first kappa shape index (κ1) is 24.3. The summed E-state index contributed by atoms with van der Waals surface area (Å²) in [6, 6.07) is 14.8. The van der Waals surface area contributed by atoms with E-state index in [4.69, 9.17) is 15.0 Å². The molecule has 1 heterocycles. The molecule has 0 saturated heterocycles. The van der Waals surface area contributed by atoms with E-state index in [1.54, 1.807) is 23.5 Å². The summed E-state index contributed by atoms with van der Waals surface area (Å²) in [4.78, 5) is 15.0. The maximum Gasteiger partial charge on any atom is 0.122 e. The summed E-state index contributed by atoms with van der Waals surface area (Å²) in [5, 5.41) is 1.81. The molecule has 3 rings (SSSR count). The largest absolute Gasteiger partial charge is 0.243 e. The summed E-state index contributed by atoms with van der Waals surface area (Å²) < 4.78 is 0. The van der Waals surface area contributed by atoms with Gasteiger partial charge in [-0.3, -0.25) is 0 Å². The number of aliphatic imine (C=N–C) groups is 2. The monoisotopic (exact) mass is 461 g/mol. The highest BCUT2D eigenvalue weighted by Crippen LogP contribution is 2.29. The minimum atomic E-state index is 0.869. The number of aryl methyl sites for hydroxylation is 6. The number of aromatic nitrogens is 1. The van der Waals surface area contributed by atoms with Gasteiger partial charge in [-0.15, -0.1) is 23.5 Å². The normalized spacial score (nSPS) is 12.4. The van der Waals surface area contributed by atoms with Crippen LogP contribution in [0.25, 0.3) is 0 Å². The van der Waals surface area contributed by atoms with Gasteiger partial charge in [-0.05, 0) is 88.4 Å². The molecule has 0 aliphatic carbocycles. The van der Waals surface area contributed by atoms with Crippen LogP contribution >= 0.6 is 23.5 Å². The average molecular weight is 462 g/mol. The second kappa shape index (κ2) is 10.5. The molecule has 0 radical (unpaired) electrons. The maximum absolute atomic E-state index is 5.01. The molecule has 3 aromatic rings. The van der Waals surface area contributed by atoms with Crippen LogP contribution in [-0.2, 0) is 0 Å². The van der Waals surface area contributed by atoms with Crippen molar-refractivity contribution >= 4 is 45.0 Å². The average Bonchev–Trinajstić information content (AvgIpc) is 2.73. The van der Waals surface area contributed by atoms with Gasteiger partial charge in [-0.1, -0.05) is 41.5 Å². The van der Waals surface area contributed by atoms with Crippen molar-refractivity contribution < 1.29 is 0 Å². The fourth-order valence-corrected chi connectivity index (χ4v) is 5.00. The molecule has 1 aromatic heterocycles. The first-order chi connectivity index (χ1) is 15.2. The van der Waals surface area contributed by atoms with Crippen molar-refractivity contribution in [3.8, 4) is 0 Å². The van der Waals surface area contributed by atoms with Gasteiger partial charge < -0.3 is 0 Å². The Morgan fingerprint density at radius 3 is 1.28 bits per heavy atom. The van der Waals surface area contributed by atoms with Gasteiger partial charge in [0.2, 0.25) is 0 Å². The van der Waals surface area contributed by atoms with Crippen molar-refractivity contribution in [3.63, 3.8) is 0 Å². The van der Waals surface area contributed by atoms with Crippen LogP contribution in [0.5, 0.6) is 0 Å². The van der Waals surface area contributed by atoms with E-state index >= 15 is 0 Å². The van der Waals surface area contributed by atoms with E-state index < -0.39 is 0 Å². The van der Waals surface area contributed by atoms with Crippen molar-refractivity contribution in [1.29, 1.82) is 0 Å². The Morgan fingerprint density at radius 1 is 0.625 bits per heavy atom. The Labute approximate surface area is 200 Å². The van der Waals surface area contributed by atoms with E-state index in [1.807, 2.05) is 18.2 Å². The molecule has 166 valence electrons. The second-order valence-corrected chi connectivity index (χ2v) is 9.73. The van der Waals surface area contributed by atoms with Crippen molar-refractivity contribution in [2.24, 2.45) is 9.98 Å². The number of nitrogens with zero attached hydrogens (tertiary/aromatic N) is 3. The number of thioether (sulfide) groups is 2. The predicted octanol–water partition coefficient (Wildman–Crippen LogP) is 7.81. The lowest BCUT2D eigenvalue weighted by molar-refractivity contribution is 1.25. The smallest absolute Gasteiger partial charge is 0.122 e. The molecule has 32 heavy (non-hydrogen) atoms. The quantitative estimate of drug-likeness (QED) is 0.294. The Hall–Kier alpha value is -2.37. The first-order valence-corrected chi connectivity index (χ1v) is 13.1. The zero-order valence-electron chi connectivity index (χ0n) is 20.2. The third-order valence-electron chi connectivity index (χ3n) is 5.27. The van der Waals surface area contributed by atoms with E-state index in [0.717, 1.165) is 32.9 Å². The summed E-state index contributed by atoms with van der Waals surface area (Å²) in [6.07, 6.45) is 4.10. The predicted molar refractivity (Wildman–Crippen MR) is 145 cm³/mol. The van der Waals surface area contributed by atoms with Crippen LogP contribution in [0.1, 0.15) is 44.8 Å². The molecular formula is C27H31N3S2. The van der Waals surface area contributed by atoms with Crippen molar-refractivity contribution in [2.75, 3.05) is 12.5 Å². The Bertz CT molecular complexity index is 1070. The molecule has 0 atom stereocenters. The highest BCUT2D eigenvalue weighted by Gasteiger charge is 2.12. The standard InChI is InChI=1S/C27H31N3S2/c1-16-12-18(3)24(19(4)13-16)29-26(31-7)22-10-9-11-23(28-22)27(32-8)30-25-20(5)14-17(2)15-21(25)6/h9-15H,1-8H3. The minimum Gasteiger partial charge on any atom is -0.243 e. The van der Waals surface area contributed by atoms with E-state index in [2.05, 4.69) is 78.3 Å². The van der Waals surface area contributed by atoms with Crippen molar-refractivity contribution in [1.82, 2.24) is 4.98 Å². The Kier molecular flexibility index (Phi) is 7.96. The number of rotatable bonds is 4. The fourth-order valence-electron chi connectivity index (χ4n) is 3.99. The van der Waals surface area contributed by atoms with E-state index in [-0.39, 0.29) is 0 Å². The van der Waals surface area contributed by atoms with E-state index in [0.29, 0.717) is 0 Å². The lowest BCUT2D eigenvalue weighted by atomic mass is 10.1. The Balaban J connectivity index is 2.07. The molecule has 0 unspecified atom stereocenters. The third-order valence-corrected chi connectivity index (χ3v) is 6.65. The zero-order chi connectivity index (χ0) is 23.4. The van der Waals surface area contributed by atoms with Gasteiger partial charge in [0.05, 0.1) is 22.8 Å². The molecule has 0 saturated carbocycles. The fraction of sp³-hybridized carbons (Fsp3) is 0.296. The molecule has 0 bridgehead atoms. The van der Waals surface area contributed by atoms with Gasteiger partial charge in [0.1, 0.15) is 10.1 Å². The lowest BCUT2D eigenvalue weighted by Crippen LogP contribution is -2.05. The van der Waals surface area contributed by atoms with Crippen LogP contribution < -0.4 is 0 Å². The van der Waals surface area contributed by atoms with E-state index in [1.165, 1.54) is 33.4 Å². The van der Waals surface area contributed by atoms with Crippen LogP contribution in [0.3, 0.4) is 0 Å². The molecule has 0 aliphatic heterocycles. The van der Waals surface area contributed by atoms with Gasteiger partial charge in [0, 0.05) is 0 Å². The van der Waals surface area contributed by atoms with E-state index in [9.17, 15) is 0 Å². The molecule has 0 fully saturated rings. The van der Waals surface area contributed by atoms with Crippen molar-refractivity contribution in [2.45, 2.75) is 41.5 Å². The van der Waals surface area contributed by atoms with Crippen LogP contribution in [-0.4, -0.2) is 27.6 Å². The maximum atomic E-state index is 5.01. The molecule has 0 spiro atoms. The number of benzene rings is 2. The summed E-state index contributed by atoms with van der Waals surface area (Å²) in [6.45, 7) is 12.7. The first-order valence-electron chi connectivity index (χ1n) is 10.6. The molecule has 5 heteroatoms. The molecule has 0 N–H and O–H groups in total. The van der Waals surface area contributed by atoms with Gasteiger partial charge in [0.15, 0.2) is 0 Å². The molecular weight excluding hydrogens is 430 g/mol. The van der Waals surface area contributed by atoms with Gasteiger partial charge in [-0.25, -0.2) is 15.0 Å². The second-order valence-electron chi connectivity index (χ2n) is 8.14. The summed E-state index contributed by atoms with van der Waals surface area (Å²) >= 11 is 3.24. The Morgan fingerprint density at radius 2 is 0.969 bits per heavy atom. The number of hydrogen-bond donors (Lipinski definition) is 0.